The summed E-state index contributed by atoms with van der Waals surface area (Å²) in [5.74, 6) is 2.84. The quantitative estimate of drug-likeness (QED) is 0.236. The third kappa shape index (κ3) is 11.7. The van der Waals surface area contributed by atoms with Gasteiger partial charge in [0.2, 0.25) is 0 Å². The molecule has 2 rings (SSSR count). The van der Waals surface area contributed by atoms with Crippen LogP contribution in [0.1, 0.15) is 113 Å². The Kier molecular flexibility index (Phi) is 21.2. The maximum atomic E-state index is 5.80. The summed E-state index contributed by atoms with van der Waals surface area (Å²) in [6, 6.07) is 0. The van der Waals surface area contributed by atoms with Crippen LogP contribution < -0.4 is 0 Å². The van der Waals surface area contributed by atoms with Crippen LogP contribution in [-0.4, -0.2) is 18.4 Å². The summed E-state index contributed by atoms with van der Waals surface area (Å²) in [5.41, 5.74) is 7.52. The van der Waals surface area contributed by atoms with E-state index in [1.165, 1.54) is 62.7 Å². The Morgan fingerprint density at radius 2 is 1.66 bits per heavy atom. The van der Waals surface area contributed by atoms with Gasteiger partial charge >= 0.3 is 0 Å². The standard InChI is InChI=1S/2C12H22O.CH4.BI/c2*1-4-7-12-11(6-3)8-10(5-2)9-13-12;;1-2/h10H,4-9H2,1-3H3;9,11-12H,4-8H2,1-3H3;1H4;. The molecule has 3 atom stereocenters. The van der Waals surface area contributed by atoms with Crippen molar-refractivity contribution in [3.8, 4) is 0 Å². The summed E-state index contributed by atoms with van der Waals surface area (Å²) in [6.07, 6.45) is 14.7. The first kappa shape index (κ1) is 31.1. The van der Waals surface area contributed by atoms with E-state index in [1.807, 2.05) is 6.26 Å². The molecule has 0 saturated carbocycles. The van der Waals surface area contributed by atoms with Crippen molar-refractivity contribution in [1.29, 1.82) is 0 Å². The van der Waals surface area contributed by atoms with Crippen molar-refractivity contribution in [2.24, 2.45) is 11.8 Å². The number of halogens is 1. The third-order valence-electron chi connectivity index (χ3n) is 5.92. The van der Waals surface area contributed by atoms with Crippen LogP contribution in [-0.2, 0) is 9.47 Å². The molecule has 2 nitrogen and oxygen atoms in total. The Balaban J connectivity index is 0. The Labute approximate surface area is 197 Å². The first-order valence-corrected chi connectivity index (χ1v) is 12.8. The van der Waals surface area contributed by atoms with Crippen LogP contribution in [0.2, 0.25) is 0 Å². The third-order valence-corrected chi connectivity index (χ3v) is 5.92. The molecule has 170 valence electrons. The molecule has 0 amide bonds. The van der Waals surface area contributed by atoms with Gasteiger partial charge in [0.25, 0.3) is 0 Å². The zero-order chi connectivity index (χ0) is 21.4. The fourth-order valence-electron chi connectivity index (χ4n) is 3.96. The van der Waals surface area contributed by atoms with E-state index < -0.39 is 0 Å². The molecule has 3 unspecified atom stereocenters. The highest BCUT2D eigenvalue weighted by Gasteiger charge is 2.24. The summed E-state index contributed by atoms with van der Waals surface area (Å²) in [7, 11) is 0. The molecule has 2 heterocycles. The van der Waals surface area contributed by atoms with E-state index in [0.717, 1.165) is 31.3 Å². The molecular formula is C25H48BIO2. The minimum absolute atomic E-state index is 0. The SMILES string of the molecule is C.CCCC1=C(CC)CC(CC)CO1.CCCC1OC=C(CC)CC1CC.[B]I. The Hall–Kier alpha value is -0.125. The van der Waals surface area contributed by atoms with Gasteiger partial charge in [0.05, 0.1) is 18.6 Å². The van der Waals surface area contributed by atoms with Crippen molar-refractivity contribution < 1.29 is 9.47 Å². The molecule has 29 heavy (non-hydrogen) atoms. The topological polar surface area (TPSA) is 18.5 Å². The molecule has 0 aromatic rings. The lowest BCUT2D eigenvalue weighted by molar-refractivity contribution is 0.0568. The van der Waals surface area contributed by atoms with Crippen LogP contribution in [0.5, 0.6) is 0 Å². The van der Waals surface area contributed by atoms with Crippen LogP contribution in [0.25, 0.3) is 0 Å². The summed E-state index contributed by atoms with van der Waals surface area (Å²) in [5, 5.41) is 0. The molecule has 0 aromatic heterocycles. The second-order valence-corrected chi connectivity index (χ2v) is 7.88. The van der Waals surface area contributed by atoms with E-state index in [2.05, 4.69) is 47.2 Å². The molecule has 2 aliphatic rings. The van der Waals surface area contributed by atoms with Crippen molar-refractivity contribution in [2.45, 2.75) is 119 Å². The normalized spacial score (nSPS) is 23.1. The second kappa shape index (κ2) is 19.8. The highest BCUT2D eigenvalue weighted by molar-refractivity contribution is 14.1. The van der Waals surface area contributed by atoms with Gasteiger partial charge in [-0.05, 0) is 74.3 Å². The average Bonchev–Trinajstić information content (AvgIpc) is 2.76. The molecule has 0 saturated heterocycles. The summed E-state index contributed by atoms with van der Waals surface area (Å²) < 4.78 is 11.6. The first-order valence-electron chi connectivity index (χ1n) is 11.5. The van der Waals surface area contributed by atoms with Gasteiger partial charge < -0.3 is 9.47 Å². The number of hydrogen-bond acceptors (Lipinski definition) is 2. The predicted octanol–water partition coefficient (Wildman–Crippen LogP) is 8.93. The highest BCUT2D eigenvalue weighted by Crippen LogP contribution is 2.31. The molecule has 0 bridgehead atoms. The minimum Gasteiger partial charge on any atom is -0.498 e. The van der Waals surface area contributed by atoms with E-state index in [1.54, 1.807) is 27.9 Å². The van der Waals surface area contributed by atoms with Crippen LogP contribution >= 0.6 is 22.4 Å². The van der Waals surface area contributed by atoms with Gasteiger partial charge in [-0.3, -0.25) is 0 Å². The lowest BCUT2D eigenvalue weighted by Gasteiger charge is -2.30. The number of ether oxygens (including phenoxy) is 2. The van der Waals surface area contributed by atoms with Crippen molar-refractivity contribution >= 4 is 28.1 Å². The maximum Gasteiger partial charge on any atom is 0.169 e. The zero-order valence-electron chi connectivity index (χ0n) is 19.4. The molecule has 0 spiro atoms. The van der Waals surface area contributed by atoms with E-state index in [4.69, 9.17) is 9.47 Å². The van der Waals surface area contributed by atoms with E-state index >= 15 is 0 Å². The average molecular weight is 518 g/mol. The monoisotopic (exact) mass is 518 g/mol. The fourth-order valence-corrected chi connectivity index (χ4v) is 3.96. The Morgan fingerprint density at radius 3 is 2.14 bits per heavy atom. The largest absolute Gasteiger partial charge is 0.498 e. The summed E-state index contributed by atoms with van der Waals surface area (Å²) >= 11 is 1.65. The molecule has 0 N–H and O–H groups in total. The van der Waals surface area contributed by atoms with Gasteiger partial charge in [0.1, 0.15) is 6.10 Å². The second-order valence-electron chi connectivity index (χ2n) is 7.88. The predicted molar refractivity (Wildman–Crippen MR) is 140 cm³/mol. The van der Waals surface area contributed by atoms with Gasteiger partial charge in [-0.25, -0.2) is 0 Å². The molecule has 0 aliphatic carbocycles. The lowest BCUT2D eigenvalue weighted by Crippen LogP contribution is -2.25. The van der Waals surface area contributed by atoms with Gasteiger partial charge in [-0.2, -0.15) is 22.4 Å². The molecular weight excluding hydrogens is 470 g/mol. The maximum absolute atomic E-state index is 5.80. The Morgan fingerprint density at radius 1 is 0.966 bits per heavy atom. The van der Waals surface area contributed by atoms with E-state index in [9.17, 15) is 0 Å². The lowest BCUT2D eigenvalue weighted by atomic mass is 9.87. The molecule has 0 aromatic carbocycles. The van der Waals surface area contributed by atoms with Gasteiger partial charge in [0, 0.05) is 6.42 Å². The minimum atomic E-state index is 0. The smallest absolute Gasteiger partial charge is 0.169 e. The van der Waals surface area contributed by atoms with Crippen molar-refractivity contribution in [3.63, 3.8) is 0 Å². The van der Waals surface area contributed by atoms with Crippen LogP contribution in [0.3, 0.4) is 0 Å². The van der Waals surface area contributed by atoms with Gasteiger partial charge in [-0.1, -0.05) is 55.4 Å². The zero-order valence-corrected chi connectivity index (χ0v) is 21.5. The Bertz CT molecular complexity index is 448. The highest BCUT2D eigenvalue weighted by atomic mass is 127. The molecule has 0 fully saturated rings. The van der Waals surface area contributed by atoms with Crippen molar-refractivity contribution in [1.82, 2.24) is 0 Å². The van der Waals surface area contributed by atoms with Crippen molar-refractivity contribution in [3.05, 3.63) is 23.2 Å². The van der Waals surface area contributed by atoms with E-state index in [-0.39, 0.29) is 7.43 Å². The van der Waals surface area contributed by atoms with E-state index in [0.29, 0.717) is 6.10 Å². The van der Waals surface area contributed by atoms with Crippen molar-refractivity contribution in [2.75, 3.05) is 6.61 Å². The number of hydrogen-bond donors (Lipinski definition) is 0. The van der Waals surface area contributed by atoms with Crippen LogP contribution in [0, 0.1) is 11.8 Å². The number of allylic oxidation sites excluding steroid dienone is 3. The van der Waals surface area contributed by atoms with Gasteiger partial charge in [0.15, 0.2) is 5.70 Å². The summed E-state index contributed by atoms with van der Waals surface area (Å²) in [4.78, 5) is 0. The van der Waals surface area contributed by atoms with Crippen LogP contribution in [0.15, 0.2) is 23.2 Å². The molecule has 2 radical (unpaired) electrons. The fraction of sp³-hybridized carbons (Fsp3) is 0.840. The summed E-state index contributed by atoms with van der Waals surface area (Å²) in [6.45, 7) is 14.4. The van der Waals surface area contributed by atoms with Gasteiger partial charge in [-0.15, -0.1) is 0 Å². The van der Waals surface area contributed by atoms with Crippen LogP contribution in [0.4, 0.5) is 0 Å². The number of rotatable bonds is 8. The molecule has 4 heteroatoms. The molecule has 2 aliphatic heterocycles. The first-order chi connectivity index (χ1) is 13.6.